The number of piperazine rings is 1. The number of alkyl halides is 3. The van der Waals surface area contributed by atoms with Crippen LogP contribution in [-0.2, 0) is 0 Å². The predicted octanol–water partition coefficient (Wildman–Crippen LogP) is 4.06. The molecule has 1 saturated heterocycles. The molecule has 1 aliphatic heterocycles. The predicted molar refractivity (Wildman–Crippen MR) is 99.9 cm³/mol. The summed E-state index contributed by atoms with van der Waals surface area (Å²) >= 11 is 5.95. The normalized spacial score (nSPS) is 16.4. The summed E-state index contributed by atoms with van der Waals surface area (Å²) in [5.41, 5.74) is 2.23. The first-order chi connectivity index (χ1) is 12.8. The number of nitrogens with one attached hydrogen (secondary N) is 1. The van der Waals surface area contributed by atoms with Crippen molar-refractivity contribution >= 4 is 39.1 Å². The van der Waals surface area contributed by atoms with Crippen LogP contribution in [0.3, 0.4) is 0 Å². The van der Waals surface area contributed by atoms with Crippen molar-refractivity contribution in [1.82, 2.24) is 14.9 Å². The highest BCUT2D eigenvalue weighted by Crippen LogP contribution is 2.38. The Balaban J connectivity index is 1.82. The van der Waals surface area contributed by atoms with Gasteiger partial charge < -0.3 is 19.5 Å². The number of aromatic nitrogens is 2. The average molecular weight is 399 g/mol. The molecule has 2 aromatic heterocycles. The fourth-order valence-electron chi connectivity index (χ4n) is 3.38. The van der Waals surface area contributed by atoms with Crippen LogP contribution in [0.2, 0.25) is 5.15 Å². The van der Waals surface area contributed by atoms with Crippen molar-refractivity contribution in [2.24, 2.45) is 0 Å². The van der Waals surface area contributed by atoms with Crippen LogP contribution < -0.4 is 9.64 Å². The third-order valence-corrected chi connectivity index (χ3v) is 4.96. The maximum Gasteiger partial charge on any atom is 0.422 e. The lowest BCUT2D eigenvalue weighted by molar-refractivity contribution is -0.153. The van der Waals surface area contributed by atoms with Gasteiger partial charge in [-0.2, -0.15) is 13.2 Å². The van der Waals surface area contributed by atoms with Gasteiger partial charge in [0.1, 0.15) is 10.9 Å². The molecular formula is C18H18ClF3N4O. The van der Waals surface area contributed by atoms with Gasteiger partial charge in [-0.05, 0) is 19.2 Å². The molecule has 0 bridgehead atoms. The number of rotatable bonds is 3. The molecule has 4 rings (SSSR count). The van der Waals surface area contributed by atoms with Crippen LogP contribution in [0.5, 0.6) is 5.75 Å². The van der Waals surface area contributed by atoms with Gasteiger partial charge in [-0.3, -0.25) is 0 Å². The molecule has 0 unspecified atom stereocenters. The van der Waals surface area contributed by atoms with Crippen molar-refractivity contribution in [3.63, 3.8) is 0 Å². The lowest BCUT2D eigenvalue weighted by Crippen LogP contribution is -2.44. The molecule has 1 N–H and O–H groups in total. The first-order valence-electron chi connectivity index (χ1n) is 8.54. The molecule has 0 radical (unpaired) electrons. The zero-order valence-electron chi connectivity index (χ0n) is 14.6. The zero-order chi connectivity index (χ0) is 19.2. The maximum atomic E-state index is 12.8. The van der Waals surface area contributed by atoms with Crippen molar-refractivity contribution in [3.8, 4) is 5.75 Å². The Kier molecular flexibility index (Phi) is 4.55. The molecule has 9 heteroatoms. The Hall–Kier alpha value is -2.19. The molecule has 0 saturated carbocycles. The highest BCUT2D eigenvalue weighted by atomic mass is 35.5. The quantitative estimate of drug-likeness (QED) is 0.676. The van der Waals surface area contributed by atoms with Gasteiger partial charge in [0, 0.05) is 49.5 Å². The number of anilines is 1. The monoisotopic (exact) mass is 398 g/mol. The van der Waals surface area contributed by atoms with Gasteiger partial charge in [0.15, 0.2) is 6.61 Å². The Bertz CT molecular complexity index is 980. The Labute approximate surface area is 158 Å². The summed E-state index contributed by atoms with van der Waals surface area (Å²) in [6, 6.07) is 5.27. The van der Waals surface area contributed by atoms with Crippen LogP contribution in [0.15, 0.2) is 24.4 Å². The molecule has 144 valence electrons. The van der Waals surface area contributed by atoms with Crippen LogP contribution in [0.25, 0.3) is 21.8 Å². The molecule has 1 aliphatic rings. The van der Waals surface area contributed by atoms with Crippen LogP contribution in [0.1, 0.15) is 0 Å². The van der Waals surface area contributed by atoms with E-state index in [0.29, 0.717) is 27.0 Å². The second kappa shape index (κ2) is 6.76. The van der Waals surface area contributed by atoms with E-state index in [4.69, 9.17) is 16.3 Å². The lowest BCUT2D eigenvalue weighted by Gasteiger charge is -2.34. The lowest BCUT2D eigenvalue weighted by atomic mass is 10.1. The molecule has 3 heterocycles. The minimum absolute atomic E-state index is 0.189. The second-order valence-corrected chi connectivity index (χ2v) is 7.13. The molecule has 0 atom stereocenters. The first kappa shape index (κ1) is 18.2. The molecular weight excluding hydrogens is 381 g/mol. The SMILES string of the molecule is CN1CCN(c2cc(OCC(F)(F)F)c3c(c2)[nH]c2cc(Cl)ncc23)CC1. The Morgan fingerprint density at radius 1 is 1.15 bits per heavy atom. The van der Waals surface area contributed by atoms with E-state index >= 15 is 0 Å². The van der Waals surface area contributed by atoms with Gasteiger partial charge >= 0.3 is 6.18 Å². The summed E-state index contributed by atoms with van der Waals surface area (Å²) in [7, 11) is 2.05. The van der Waals surface area contributed by atoms with Crippen molar-refractivity contribution in [2.45, 2.75) is 6.18 Å². The summed E-state index contributed by atoms with van der Waals surface area (Å²) in [5.74, 6) is 0.189. The average Bonchev–Trinajstić information content (AvgIpc) is 2.96. The molecule has 1 fully saturated rings. The smallest absolute Gasteiger partial charge is 0.422 e. The van der Waals surface area contributed by atoms with Gasteiger partial charge in [-0.15, -0.1) is 0 Å². The first-order valence-corrected chi connectivity index (χ1v) is 8.92. The minimum atomic E-state index is -4.41. The van der Waals surface area contributed by atoms with E-state index in [2.05, 4.69) is 19.8 Å². The number of hydrogen-bond donors (Lipinski definition) is 1. The maximum absolute atomic E-state index is 12.8. The van der Waals surface area contributed by atoms with Crippen LogP contribution >= 0.6 is 11.6 Å². The van der Waals surface area contributed by atoms with Gasteiger partial charge in [-0.25, -0.2) is 4.98 Å². The topological polar surface area (TPSA) is 44.4 Å². The number of benzene rings is 1. The highest BCUT2D eigenvalue weighted by molar-refractivity contribution is 6.30. The fraction of sp³-hybridized carbons (Fsp3) is 0.389. The van der Waals surface area contributed by atoms with Crippen LogP contribution in [0.4, 0.5) is 18.9 Å². The number of fused-ring (bicyclic) bond motifs is 3. The number of ether oxygens (including phenoxy) is 1. The summed E-state index contributed by atoms with van der Waals surface area (Å²) in [4.78, 5) is 11.6. The van der Waals surface area contributed by atoms with Gasteiger partial charge in [0.05, 0.1) is 16.4 Å². The Morgan fingerprint density at radius 3 is 2.59 bits per heavy atom. The van der Waals surface area contributed by atoms with E-state index in [9.17, 15) is 13.2 Å². The van der Waals surface area contributed by atoms with Gasteiger partial charge in [-0.1, -0.05) is 11.6 Å². The summed E-state index contributed by atoms with van der Waals surface area (Å²) in [6.45, 7) is 2.04. The molecule has 0 amide bonds. The summed E-state index contributed by atoms with van der Waals surface area (Å²) in [5, 5.41) is 1.57. The van der Waals surface area contributed by atoms with Crippen molar-refractivity contribution in [3.05, 3.63) is 29.5 Å². The fourth-order valence-corrected chi connectivity index (χ4v) is 3.53. The van der Waals surface area contributed by atoms with E-state index in [1.54, 1.807) is 18.3 Å². The number of likely N-dealkylation sites (N-methyl/N-ethyl adjacent to an activating group) is 1. The van der Waals surface area contributed by atoms with E-state index in [-0.39, 0.29) is 5.75 Å². The number of halogens is 4. The number of H-pyrrole nitrogens is 1. The Morgan fingerprint density at radius 2 is 1.89 bits per heavy atom. The standard InChI is InChI=1S/C18H18ClF3N4O/c1-25-2-4-26(5-3-25)11-6-14-17(15(7-11)27-10-18(20,21)22)12-9-23-16(19)8-13(12)24-14/h6-9,24H,2-5,10H2,1H3. The van der Waals surface area contributed by atoms with Gasteiger partial charge in [0.2, 0.25) is 0 Å². The van der Waals surface area contributed by atoms with Crippen molar-refractivity contribution in [1.29, 1.82) is 0 Å². The molecule has 0 spiro atoms. The molecule has 27 heavy (non-hydrogen) atoms. The van der Waals surface area contributed by atoms with Crippen molar-refractivity contribution in [2.75, 3.05) is 44.7 Å². The molecule has 3 aromatic rings. The summed E-state index contributed by atoms with van der Waals surface area (Å²) < 4.78 is 43.5. The van der Waals surface area contributed by atoms with Crippen molar-refractivity contribution < 1.29 is 17.9 Å². The van der Waals surface area contributed by atoms with E-state index in [1.807, 2.05) is 13.1 Å². The van der Waals surface area contributed by atoms with E-state index in [1.165, 1.54) is 0 Å². The number of pyridine rings is 1. The third-order valence-electron chi connectivity index (χ3n) is 4.76. The highest BCUT2D eigenvalue weighted by Gasteiger charge is 2.29. The summed E-state index contributed by atoms with van der Waals surface area (Å²) in [6.07, 6.45) is -2.86. The van der Waals surface area contributed by atoms with Crippen LogP contribution in [-0.4, -0.2) is 60.9 Å². The molecule has 0 aliphatic carbocycles. The number of hydrogen-bond acceptors (Lipinski definition) is 4. The zero-order valence-corrected chi connectivity index (χ0v) is 15.4. The number of aromatic amines is 1. The minimum Gasteiger partial charge on any atom is -0.483 e. The molecule has 1 aromatic carbocycles. The van der Waals surface area contributed by atoms with E-state index in [0.717, 1.165) is 31.9 Å². The molecule has 5 nitrogen and oxygen atoms in total. The van der Waals surface area contributed by atoms with Gasteiger partial charge in [0.25, 0.3) is 0 Å². The van der Waals surface area contributed by atoms with E-state index < -0.39 is 12.8 Å². The van der Waals surface area contributed by atoms with Crippen LogP contribution in [0, 0.1) is 0 Å². The largest absolute Gasteiger partial charge is 0.483 e. The third kappa shape index (κ3) is 3.77. The second-order valence-electron chi connectivity index (χ2n) is 6.74. The number of nitrogens with zero attached hydrogens (tertiary/aromatic N) is 3.